The van der Waals surface area contributed by atoms with Crippen LogP contribution in [0.2, 0.25) is 0 Å². The van der Waals surface area contributed by atoms with Crippen LogP contribution in [-0.2, 0) is 16.1 Å². The molecule has 3 heteroatoms. The molecule has 0 saturated carbocycles. The molecule has 3 nitrogen and oxygen atoms in total. The number of aliphatic hydroxyl groups is 1. The Morgan fingerprint density at radius 1 is 1.09 bits per heavy atom. The lowest BCUT2D eigenvalue weighted by Gasteiger charge is -2.11. The van der Waals surface area contributed by atoms with Crippen LogP contribution < -0.4 is 0 Å². The van der Waals surface area contributed by atoms with Crippen molar-refractivity contribution < 1.29 is 14.6 Å². The molecule has 23 heavy (non-hydrogen) atoms. The standard InChI is InChI=1S/C20H20O3/c1-2-18(19(21)14-13-16-9-5-3-6-10-16)20(22)23-15-17-11-7-4-8-12-17/h2-14,19,21H,15H2,1H3/b14-13+,18-2+/t19-/m1/s1. The number of rotatable bonds is 6. The molecule has 0 radical (unpaired) electrons. The zero-order chi connectivity index (χ0) is 16.5. The van der Waals surface area contributed by atoms with E-state index < -0.39 is 12.1 Å². The molecule has 0 amide bonds. The molecule has 1 N–H and O–H groups in total. The van der Waals surface area contributed by atoms with Gasteiger partial charge in [0.15, 0.2) is 0 Å². The first-order chi connectivity index (χ1) is 11.2. The Balaban J connectivity index is 1.95. The highest BCUT2D eigenvalue weighted by molar-refractivity contribution is 5.90. The average Bonchev–Trinajstić information content (AvgIpc) is 2.60. The SMILES string of the molecule is C/C=C(/C(=O)OCc1ccccc1)[C@H](O)/C=C/c1ccccc1. The Labute approximate surface area is 136 Å². The van der Waals surface area contributed by atoms with E-state index in [9.17, 15) is 9.90 Å². The van der Waals surface area contributed by atoms with Crippen LogP contribution in [0.5, 0.6) is 0 Å². The summed E-state index contributed by atoms with van der Waals surface area (Å²) in [4.78, 5) is 12.1. The number of carbonyl (C=O) groups is 1. The quantitative estimate of drug-likeness (QED) is 0.653. The minimum Gasteiger partial charge on any atom is -0.457 e. The maximum absolute atomic E-state index is 12.1. The molecule has 0 fully saturated rings. The van der Waals surface area contributed by atoms with E-state index in [0.29, 0.717) is 0 Å². The lowest BCUT2D eigenvalue weighted by molar-refractivity contribution is -0.141. The maximum atomic E-state index is 12.1. The first kappa shape index (κ1) is 16.7. The van der Waals surface area contributed by atoms with Crippen molar-refractivity contribution in [2.75, 3.05) is 0 Å². The average molecular weight is 308 g/mol. The number of carbonyl (C=O) groups excluding carboxylic acids is 1. The summed E-state index contributed by atoms with van der Waals surface area (Å²) in [7, 11) is 0. The predicted octanol–water partition coefficient (Wildman–Crippen LogP) is 3.75. The molecule has 2 rings (SSSR count). The van der Waals surface area contributed by atoms with Gasteiger partial charge in [0.05, 0.1) is 5.57 Å². The molecule has 0 unspecified atom stereocenters. The van der Waals surface area contributed by atoms with Gasteiger partial charge in [0.2, 0.25) is 0 Å². The zero-order valence-electron chi connectivity index (χ0n) is 13.1. The third kappa shape index (κ3) is 5.24. The molecule has 0 saturated heterocycles. The van der Waals surface area contributed by atoms with Gasteiger partial charge in [-0.25, -0.2) is 4.79 Å². The van der Waals surface area contributed by atoms with Gasteiger partial charge in [-0.05, 0) is 18.1 Å². The van der Waals surface area contributed by atoms with E-state index >= 15 is 0 Å². The van der Waals surface area contributed by atoms with Crippen LogP contribution in [0.4, 0.5) is 0 Å². The Bertz CT molecular complexity index is 673. The van der Waals surface area contributed by atoms with Crippen molar-refractivity contribution >= 4 is 12.0 Å². The van der Waals surface area contributed by atoms with Crippen LogP contribution >= 0.6 is 0 Å². The van der Waals surface area contributed by atoms with E-state index in [0.717, 1.165) is 11.1 Å². The van der Waals surface area contributed by atoms with Crippen LogP contribution in [0.3, 0.4) is 0 Å². The molecule has 2 aromatic carbocycles. The van der Waals surface area contributed by atoms with E-state index in [1.165, 1.54) is 0 Å². The Kier molecular flexibility index (Phi) is 6.33. The van der Waals surface area contributed by atoms with Crippen molar-refractivity contribution in [1.82, 2.24) is 0 Å². The number of esters is 1. The highest BCUT2D eigenvalue weighted by atomic mass is 16.5. The minimum absolute atomic E-state index is 0.187. The summed E-state index contributed by atoms with van der Waals surface area (Å²) in [5.41, 5.74) is 2.10. The number of allylic oxidation sites excluding steroid dienone is 1. The third-order valence-electron chi connectivity index (χ3n) is 3.35. The van der Waals surface area contributed by atoms with Gasteiger partial charge in [-0.15, -0.1) is 0 Å². The Hall–Kier alpha value is -2.65. The van der Waals surface area contributed by atoms with Crippen molar-refractivity contribution in [1.29, 1.82) is 0 Å². The molecule has 0 bridgehead atoms. The number of hydrogen-bond donors (Lipinski definition) is 1. The molecule has 0 heterocycles. The van der Waals surface area contributed by atoms with Gasteiger partial charge in [0.1, 0.15) is 12.7 Å². The summed E-state index contributed by atoms with van der Waals surface area (Å²) in [6.07, 6.45) is 3.93. The van der Waals surface area contributed by atoms with Crippen molar-refractivity contribution in [3.05, 3.63) is 89.5 Å². The molecule has 2 aromatic rings. The van der Waals surface area contributed by atoms with E-state index in [1.807, 2.05) is 60.7 Å². The molecule has 0 aromatic heterocycles. The smallest absolute Gasteiger partial charge is 0.336 e. The lowest BCUT2D eigenvalue weighted by atomic mass is 10.1. The Morgan fingerprint density at radius 3 is 2.30 bits per heavy atom. The molecular formula is C20H20O3. The largest absolute Gasteiger partial charge is 0.457 e. The van der Waals surface area contributed by atoms with Crippen LogP contribution in [0, 0.1) is 0 Å². The van der Waals surface area contributed by atoms with Crippen LogP contribution in [0.1, 0.15) is 18.1 Å². The predicted molar refractivity (Wildman–Crippen MR) is 91.5 cm³/mol. The molecule has 118 valence electrons. The van der Waals surface area contributed by atoms with Crippen molar-refractivity contribution in [2.45, 2.75) is 19.6 Å². The van der Waals surface area contributed by atoms with Gasteiger partial charge in [0, 0.05) is 0 Å². The molecule has 0 spiro atoms. The summed E-state index contributed by atoms with van der Waals surface area (Å²) in [5.74, 6) is -0.512. The van der Waals surface area contributed by atoms with E-state index in [1.54, 1.807) is 25.2 Å². The summed E-state index contributed by atoms with van der Waals surface area (Å²) in [6, 6.07) is 19.0. The topological polar surface area (TPSA) is 46.5 Å². The second-order valence-electron chi connectivity index (χ2n) is 5.02. The fourth-order valence-corrected chi connectivity index (χ4v) is 2.09. The van der Waals surface area contributed by atoms with Crippen LogP contribution in [0.25, 0.3) is 6.08 Å². The molecule has 0 aliphatic carbocycles. The first-order valence-corrected chi connectivity index (χ1v) is 7.49. The molecule has 1 atom stereocenters. The summed E-state index contributed by atoms with van der Waals surface area (Å²) in [6.45, 7) is 1.89. The van der Waals surface area contributed by atoms with Gasteiger partial charge in [-0.1, -0.05) is 78.9 Å². The van der Waals surface area contributed by atoms with E-state index in [-0.39, 0.29) is 12.2 Å². The van der Waals surface area contributed by atoms with Crippen LogP contribution in [0.15, 0.2) is 78.4 Å². The maximum Gasteiger partial charge on any atom is 0.336 e. The minimum atomic E-state index is -0.997. The van der Waals surface area contributed by atoms with Gasteiger partial charge in [0.25, 0.3) is 0 Å². The molecular weight excluding hydrogens is 288 g/mol. The first-order valence-electron chi connectivity index (χ1n) is 7.49. The molecule has 0 aliphatic heterocycles. The van der Waals surface area contributed by atoms with Crippen molar-refractivity contribution in [2.24, 2.45) is 0 Å². The monoisotopic (exact) mass is 308 g/mol. The highest BCUT2D eigenvalue weighted by Crippen LogP contribution is 2.11. The summed E-state index contributed by atoms with van der Waals surface area (Å²) >= 11 is 0. The van der Waals surface area contributed by atoms with E-state index in [2.05, 4.69) is 0 Å². The van der Waals surface area contributed by atoms with Gasteiger partial charge >= 0.3 is 5.97 Å². The Morgan fingerprint density at radius 2 is 1.70 bits per heavy atom. The second kappa shape index (κ2) is 8.71. The summed E-state index contributed by atoms with van der Waals surface area (Å²) < 4.78 is 5.25. The summed E-state index contributed by atoms with van der Waals surface area (Å²) in [5, 5.41) is 10.2. The van der Waals surface area contributed by atoms with E-state index in [4.69, 9.17) is 4.74 Å². The normalized spacial score (nSPS) is 13.0. The number of ether oxygens (including phenoxy) is 1. The lowest BCUT2D eigenvalue weighted by Crippen LogP contribution is -2.18. The highest BCUT2D eigenvalue weighted by Gasteiger charge is 2.17. The third-order valence-corrected chi connectivity index (χ3v) is 3.35. The van der Waals surface area contributed by atoms with Crippen LogP contribution in [-0.4, -0.2) is 17.2 Å². The zero-order valence-corrected chi connectivity index (χ0v) is 13.1. The van der Waals surface area contributed by atoms with Gasteiger partial charge < -0.3 is 9.84 Å². The van der Waals surface area contributed by atoms with Crippen molar-refractivity contribution in [3.8, 4) is 0 Å². The molecule has 0 aliphatic rings. The van der Waals surface area contributed by atoms with Gasteiger partial charge in [-0.3, -0.25) is 0 Å². The number of hydrogen-bond acceptors (Lipinski definition) is 3. The fraction of sp³-hybridized carbons (Fsp3) is 0.150. The fourth-order valence-electron chi connectivity index (χ4n) is 2.09. The van der Waals surface area contributed by atoms with Gasteiger partial charge in [-0.2, -0.15) is 0 Å². The number of benzene rings is 2. The van der Waals surface area contributed by atoms with Crippen molar-refractivity contribution in [3.63, 3.8) is 0 Å². The second-order valence-corrected chi connectivity index (χ2v) is 5.02. The number of aliphatic hydroxyl groups excluding tert-OH is 1.